The molecule has 18 heavy (non-hydrogen) atoms. The highest BCUT2D eigenvalue weighted by Crippen LogP contribution is 2.13. The van der Waals surface area contributed by atoms with Gasteiger partial charge in [-0.25, -0.2) is 10.5 Å². The number of H-pyrrole nitrogens is 1. The molecule has 0 aliphatic heterocycles. The van der Waals surface area contributed by atoms with E-state index in [4.69, 9.17) is 5.73 Å². The largest absolute Gasteiger partial charge is 0.369 e. The number of carbonyl (C=O) groups is 1. The molecule has 2 rings (SSSR count). The maximum Gasteiger partial charge on any atom is 0.240 e. The average Bonchev–Trinajstić information content (AvgIpc) is 2.97. The highest BCUT2D eigenvalue weighted by molar-refractivity contribution is 7.99. The van der Waals surface area contributed by atoms with Crippen LogP contribution in [-0.4, -0.2) is 33.1 Å². The Hall–Kier alpha value is -1.87. The van der Waals surface area contributed by atoms with Crippen LogP contribution in [0.15, 0.2) is 27.8 Å². The molecule has 0 spiro atoms. The van der Waals surface area contributed by atoms with Gasteiger partial charge in [-0.1, -0.05) is 17.8 Å². The lowest BCUT2D eigenvalue weighted by atomic mass is 10.5. The fourth-order valence-electron chi connectivity index (χ4n) is 1.02. The van der Waals surface area contributed by atoms with Gasteiger partial charge in [0.15, 0.2) is 0 Å². The van der Waals surface area contributed by atoms with Crippen molar-refractivity contribution in [2.24, 2.45) is 10.8 Å². The Morgan fingerprint density at radius 2 is 2.61 bits per heavy atom. The molecule has 0 unspecified atom stereocenters. The van der Waals surface area contributed by atoms with Gasteiger partial charge in [0.25, 0.3) is 0 Å². The molecule has 0 atom stereocenters. The summed E-state index contributed by atoms with van der Waals surface area (Å²) in [4.78, 5) is 15.7. The summed E-state index contributed by atoms with van der Waals surface area (Å²) < 4.78 is 0. The number of nitrogens with zero attached hydrogens (tertiary/aromatic N) is 3. The first-order valence-corrected chi connectivity index (χ1v) is 6.76. The Kier molecular flexibility index (Phi) is 4.31. The minimum Gasteiger partial charge on any atom is -0.369 e. The maximum atomic E-state index is 10.6. The number of nitrogens with one attached hydrogen (secondary N) is 2. The summed E-state index contributed by atoms with van der Waals surface area (Å²) in [7, 11) is 0. The molecule has 9 heteroatoms. The number of thiophene rings is 1. The summed E-state index contributed by atoms with van der Waals surface area (Å²) in [5, 5.41) is 13.0. The third-order valence-electron chi connectivity index (χ3n) is 1.71. The number of aromatic nitrogens is 3. The number of carbonyl (C=O) groups excluding carboxylic acids is 1. The monoisotopic (exact) mass is 282 g/mol. The fourth-order valence-corrected chi connectivity index (χ4v) is 2.14. The molecule has 0 bridgehead atoms. The molecule has 0 aliphatic carbocycles. The van der Waals surface area contributed by atoms with E-state index in [0.29, 0.717) is 11.1 Å². The standard InChI is InChI=1S/C9H10N6OS2/c10-7(16)5-18-9-12-8(14-15-9)13-11-4-6-2-1-3-17-6/h1-4H,5H2,(H2,10,16)(H2,12,13,14,15)/b11-4+. The van der Waals surface area contributed by atoms with Crippen LogP contribution >= 0.6 is 23.1 Å². The Morgan fingerprint density at radius 1 is 1.72 bits per heavy atom. The first-order valence-electron chi connectivity index (χ1n) is 4.90. The number of nitrogens with two attached hydrogens (primary N) is 1. The summed E-state index contributed by atoms with van der Waals surface area (Å²) in [6.45, 7) is 0. The van der Waals surface area contributed by atoms with Crippen LogP contribution in [-0.2, 0) is 4.79 Å². The second-order valence-electron chi connectivity index (χ2n) is 3.11. The van der Waals surface area contributed by atoms with Crippen molar-refractivity contribution in [1.29, 1.82) is 0 Å². The van der Waals surface area contributed by atoms with Crippen LogP contribution in [0.1, 0.15) is 4.88 Å². The molecule has 0 radical (unpaired) electrons. The minimum absolute atomic E-state index is 0.149. The van der Waals surface area contributed by atoms with Crippen molar-refractivity contribution < 1.29 is 4.79 Å². The zero-order chi connectivity index (χ0) is 12.8. The molecular weight excluding hydrogens is 272 g/mol. The van der Waals surface area contributed by atoms with E-state index in [9.17, 15) is 4.79 Å². The third kappa shape index (κ3) is 3.86. The summed E-state index contributed by atoms with van der Waals surface area (Å²) in [6, 6.07) is 3.89. The molecule has 2 aromatic rings. The van der Waals surface area contributed by atoms with E-state index in [-0.39, 0.29) is 5.75 Å². The number of hydrogen-bond donors (Lipinski definition) is 3. The van der Waals surface area contributed by atoms with Gasteiger partial charge in [-0.15, -0.1) is 16.4 Å². The van der Waals surface area contributed by atoms with Gasteiger partial charge in [-0.3, -0.25) is 4.79 Å². The van der Waals surface area contributed by atoms with Gasteiger partial charge in [-0.2, -0.15) is 10.1 Å². The van der Waals surface area contributed by atoms with Crippen molar-refractivity contribution >= 4 is 41.2 Å². The molecule has 2 heterocycles. The van der Waals surface area contributed by atoms with Crippen LogP contribution in [0.3, 0.4) is 0 Å². The summed E-state index contributed by atoms with van der Waals surface area (Å²) in [6.07, 6.45) is 1.68. The van der Waals surface area contributed by atoms with E-state index in [1.807, 2.05) is 17.5 Å². The van der Waals surface area contributed by atoms with E-state index >= 15 is 0 Å². The highest BCUT2D eigenvalue weighted by Gasteiger charge is 2.04. The van der Waals surface area contributed by atoms with Gasteiger partial charge in [0.2, 0.25) is 17.0 Å². The van der Waals surface area contributed by atoms with Crippen LogP contribution in [0.4, 0.5) is 5.95 Å². The normalized spacial score (nSPS) is 10.9. The van der Waals surface area contributed by atoms with Crippen LogP contribution in [0.5, 0.6) is 0 Å². The topological polar surface area (TPSA) is 109 Å². The van der Waals surface area contributed by atoms with Crippen LogP contribution in [0.2, 0.25) is 0 Å². The third-order valence-corrected chi connectivity index (χ3v) is 3.39. The average molecular weight is 282 g/mol. The number of hydrogen-bond acceptors (Lipinski definition) is 7. The lowest BCUT2D eigenvalue weighted by Crippen LogP contribution is -2.13. The molecule has 0 saturated heterocycles. The number of thioether (sulfide) groups is 1. The lowest BCUT2D eigenvalue weighted by molar-refractivity contribution is -0.115. The molecule has 0 fully saturated rings. The Balaban J connectivity index is 1.85. The Bertz CT molecular complexity index is 535. The number of rotatable bonds is 6. The molecule has 1 amide bonds. The highest BCUT2D eigenvalue weighted by atomic mass is 32.2. The van der Waals surface area contributed by atoms with Gasteiger partial charge in [0, 0.05) is 4.88 Å². The fraction of sp³-hybridized carbons (Fsp3) is 0.111. The summed E-state index contributed by atoms with van der Waals surface area (Å²) >= 11 is 2.75. The van der Waals surface area contributed by atoms with E-state index in [1.165, 1.54) is 0 Å². The molecule has 2 aromatic heterocycles. The van der Waals surface area contributed by atoms with E-state index in [1.54, 1.807) is 17.6 Å². The molecule has 0 aliphatic rings. The van der Waals surface area contributed by atoms with E-state index < -0.39 is 5.91 Å². The van der Waals surface area contributed by atoms with Gasteiger partial charge in [0.05, 0.1) is 12.0 Å². The predicted octanol–water partition coefficient (Wildman–Crippen LogP) is 0.890. The minimum atomic E-state index is -0.407. The molecule has 94 valence electrons. The van der Waals surface area contributed by atoms with Crippen molar-refractivity contribution in [2.75, 3.05) is 11.2 Å². The van der Waals surface area contributed by atoms with Crippen molar-refractivity contribution in [3.05, 3.63) is 22.4 Å². The quantitative estimate of drug-likeness (QED) is 0.414. The first-order chi connectivity index (χ1) is 8.74. The van der Waals surface area contributed by atoms with Gasteiger partial charge >= 0.3 is 0 Å². The van der Waals surface area contributed by atoms with Gasteiger partial charge in [0.1, 0.15) is 0 Å². The second-order valence-corrected chi connectivity index (χ2v) is 5.03. The smallest absolute Gasteiger partial charge is 0.240 e. The van der Waals surface area contributed by atoms with Crippen LogP contribution in [0.25, 0.3) is 0 Å². The second kappa shape index (κ2) is 6.17. The van der Waals surface area contributed by atoms with E-state index in [2.05, 4.69) is 25.7 Å². The molecule has 7 nitrogen and oxygen atoms in total. The molecule has 0 saturated carbocycles. The van der Waals surface area contributed by atoms with Gasteiger partial charge < -0.3 is 5.73 Å². The maximum absolute atomic E-state index is 10.6. The molecule has 0 aromatic carbocycles. The Labute approximate surface area is 111 Å². The zero-order valence-corrected chi connectivity index (χ0v) is 10.8. The zero-order valence-electron chi connectivity index (χ0n) is 9.16. The number of primary amides is 1. The van der Waals surface area contributed by atoms with E-state index in [0.717, 1.165) is 16.6 Å². The van der Waals surface area contributed by atoms with Crippen LogP contribution in [0, 0.1) is 0 Å². The summed E-state index contributed by atoms with van der Waals surface area (Å²) in [5.41, 5.74) is 7.73. The number of anilines is 1. The number of aromatic amines is 1. The first kappa shape index (κ1) is 12.6. The molecular formula is C9H10N6OS2. The Morgan fingerprint density at radius 3 is 3.33 bits per heavy atom. The summed E-state index contributed by atoms with van der Waals surface area (Å²) in [5.74, 6) is 0.153. The number of hydrazone groups is 1. The van der Waals surface area contributed by atoms with Crippen molar-refractivity contribution in [3.8, 4) is 0 Å². The van der Waals surface area contributed by atoms with Crippen molar-refractivity contribution in [1.82, 2.24) is 15.2 Å². The van der Waals surface area contributed by atoms with Gasteiger partial charge in [-0.05, 0) is 11.4 Å². The lowest BCUT2D eigenvalue weighted by Gasteiger charge is -1.91. The van der Waals surface area contributed by atoms with Crippen molar-refractivity contribution in [3.63, 3.8) is 0 Å². The SMILES string of the molecule is NC(=O)CSc1n[nH]c(N/N=C/c2cccs2)n1. The number of amides is 1. The molecule has 4 N–H and O–H groups in total. The predicted molar refractivity (Wildman–Crippen MR) is 71.8 cm³/mol. The van der Waals surface area contributed by atoms with Crippen molar-refractivity contribution in [2.45, 2.75) is 5.16 Å². The van der Waals surface area contributed by atoms with Crippen LogP contribution < -0.4 is 11.2 Å².